The summed E-state index contributed by atoms with van der Waals surface area (Å²) in [6.07, 6.45) is 5.77. The van der Waals surface area contributed by atoms with E-state index in [1.807, 2.05) is 19.0 Å². The Bertz CT molecular complexity index is 566. The average Bonchev–Trinajstić information content (AvgIpc) is 2.39. The van der Waals surface area contributed by atoms with Crippen molar-refractivity contribution in [2.75, 3.05) is 25.1 Å². The predicted octanol–water partition coefficient (Wildman–Crippen LogP) is 2.15. The van der Waals surface area contributed by atoms with Gasteiger partial charge in [0.2, 0.25) is 0 Å². The van der Waals surface area contributed by atoms with Gasteiger partial charge in [-0.2, -0.15) is 0 Å². The van der Waals surface area contributed by atoms with Crippen molar-refractivity contribution >= 4 is 28.9 Å². The van der Waals surface area contributed by atoms with Gasteiger partial charge in [-0.1, -0.05) is 0 Å². The molecule has 1 aromatic rings. The maximum absolute atomic E-state index is 11.2. The molecule has 0 saturated carbocycles. The molecular weight excluding hydrogens is 288 g/mol. The monoisotopic (exact) mass is 308 g/mol. The van der Waals surface area contributed by atoms with E-state index in [0.29, 0.717) is 22.4 Å². The van der Waals surface area contributed by atoms with E-state index in [1.54, 1.807) is 31.3 Å². The molecule has 1 aromatic carbocycles. The lowest BCUT2D eigenvalue weighted by molar-refractivity contribution is -0.104. The summed E-state index contributed by atoms with van der Waals surface area (Å²) < 4.78 is 14.0. The molecule has 0 heterocycles. The molecule has 0 aliphatic heterocycles. The first-order valence-electron chi connectivity index (χ1n) is 6.28. The number of benzene rings is 1. The van der Waals surface area contributed by atoms with E-state index in [2.05, 4.69) is 4.72 Å². The molecule has 1 unspecified atom stereocenters. The summed E-state index contributed by atoms with van der Waals surface area (Å²) in [5.41, 5.74) is 2.42. The fraction of sp³-hybridized carbons (Fsp3) is 0.267. The molecule has 5 nitrogen and oxygen atoms in total. The van der Waals surface area contributed by atoms with Crippen LogP contribution in [0.2, 0.25) is 0 Å². The summed E-state index contributed by atoms with van der Waals surface area (Å²) >= 11 is -1.20. The van der Waals surface area contributed by atoms with Crippen LogP contribution in [0.25, 0.3) is 5.57 Å². The number of rotatable bonds is 6. The third-order valence-electron chi connectivity index (χ3n) is 2.54. The molecular formula is C15H20N2O3S. The van der Waals surface area contributed by atoms with E-state index in [4.69, 9.17) is 0 Å². The summed E-state index contributed by atoms with van der Waals surface area (Å²) in [6.45, 7) is 1.69. The van der Waals surface area contributed by atoms with E-state index < -0.39 is 11.4 Å². The number of allylic oxidation sites excluding steroid dienone is 3. The maximum Gasteiger partial charge on any atom is 0.145 e. The molecule has 1 atom stereocenters. The second kappa shape index (κ2) is 7.75. The van der Waals surface area contributed by atoms with Crippen LogP contribution in [0.3, 0.4) is 0 Å². The van der Waals surface area contributed by atoms with Crippen molar-refractivity contribution in [1.29, 1.82) is 0 Å². The third-order valence-corrected chi connectivity index (χ3v) is 3.06. The molecule has 0 amide bonds. The van der Waals surface area contributed by atoms with Crippen molar-refractivity contribution in [2.24, 2.45) is 0 Å². The number of phenolic OH excluding ortho intramolecular Hbond substituents is 1. The van der Waals surface area contributed by atoms with Crippen LogP contribution in [0.1, 0.15) is 12.5 Å². The number of hydrogen-bond donors (Lipinski definition) is 2. The molecule has 0 aliphatic carbocycles. The van der Waals surface area contributed by atoms with Gasteiger partial charge in [0.05, 0.1) is 17.0 Å². The van der Waals surface area contributed by atoms with Crippen molar-refractivity contribution in [3.8, 4) is 5.75 Å². The highest BCUT2D eigenvalue weighted by Gasteiger charge is 2.10. The minimum Gasteiger partial charge on any atom is -0.593 e. The van der Waals surface area contributed by atoms with Crippen LogP contribution in [0, 0.1) is 0 Å². The van der Waals surface area contributed by atoms with Crippen molar-refractivity contribution in [1.82, 2.24) is 4.90 Å². The standard InChI is InChI=1S/C15H20N2O3S/c1-11(10-18)7-12(9-17(2)3)14-8-13(16-21(4)20)5-6-15(14)19/h5-10,16,19H,1-4H3/b11-7-,12-9+. The Balaban J connectivity index is 3.33. The summed E-state index contributed by atoms with van der Waals surface area (Å²) in [4.78, 5) is 12.7. The third kappa shape index (κ3) is 5.53. The number of carbonyl (C=O) groups is 1. The highest BCUT2D eigenvalue weighted by molar-refractivity contribution is 7.92. The Labute approximate surface area is 128 Å². The van der Waals surface area contributed by atoms with Gasteiger partial charge in [-0.05, 0) is 36.8 Å². The quantitative estimate of drug-likeness (QED) is 0.277. The molecule has 1 rings (SSSR count). The first-order chi connectivity index (χ1) is 9.83. The van der Waals surface area contributed by atoms with Gasteiger partial charge >= 0.3 is 0 Å². The topological polar surface area (TPSA) is 75.6 Å². The highest BCUT2D eigenvalue weighted by atomic mass is 32.2. The minimum absolute atomic E-state index is 0.0884. The van der Waals surface area contributed by atoms with Crippen LogP contribution in [-0.2, 0) is 16.2 Å². The molecule has 6 heteroatoms. The van der Waals surface area contributed by atoms with Gasteiger partial charge in [-0.3, -0.25) is 4.79 Å². The Morgan fingerprint density at radius 1 is 1.43 bits per heavy atom. The predicted molar refractivity (Wildman–Crippen MR) is 87.3 cm³/mol. The summed E-state index contributed by atoms with van der Waals surface area (Å²) in [5, 5.41) is 10.1. The van der Waals surface area contributed by atoms with Crippen LogP contribution < -0.4 is 4.72 Å². The van der Waals surface area contributed by atoms with Crippen LogP contribution in [0.15, 0.2) is 36.0 Å². The minimum atomic E-state index is -1.20. The molecule has 0 bridgehead atoms. The number of hydrogen-bond acceptors (Lipinski definition) is 5. The fourth-order valence-corrected chi connectivity index (χ4v) is 2.20. The highest BCUT2D eigenvalue weighted by Crippen LogP contribution is 2.30. The number of nitrogens with one attached hydrogen (secondary N) is 1. The van der Waals surface area contributed by atoms with Gasteiger partial charge < -0.3 is 14.6 Å². The van der Waals surface area contributed by atoms with Crippen molar-refractivity contribution in [3.63, 3.8) is 0 Å². The second-order valence-corrected chi connectivity index (χ2v) is 5.95. The smallest absolute Gasteiger partial charge is 0.145 e. The molecule has 0 saturated heterocycles. The van der Waals surface area contributed by atoms with Gasteiger partial charge in [0.15, 0.2) is 0 Å². The van der Waals surface area contributed by atoms with Crippen LogP contribution in [0.5, 0.6) is 5.75 Å². The lowest BCUT2D eigenvalue weighted by atomic mass is 10.0. The maximum atomic E-state index is 11.2. The van der Waals surface area contributed by atoms with Gasteiger partial charge in [0.1, 0.15) is 18.3 Å². The van der Waals surface area contributed by atoms with Crippen molar-refractivity contribution < 1.29 is 14.5 Å². The summed E-state index contributed by atoms with van der Waals surface area (Å²) in [5.74, 6) is 0.0884. The number of aromatic hydroxyl groups is 1. The first-order valence-corrected chi connectivity index (χ1v) is 7.84. The van der Waals surface area contributed by atoms with Gasteiger partial charge in [-0.15, -0.1) is 0 Å². The summed E-state index contributed by atoms with van der Waals surface area (Å²) in [7, 11) is 3.70. The van der Waals surface area contributed by atoms with Crippen LogP contribution >= 0.6 is 0 Å². The Morgan fingerprint density at radius 2 is 2.10 bits per heavy atom. The zero-order valence-electron chi connectivity index (χ0n) is 12.6. The molecule has 0 radical (unpaired) electrons. The van der Waals surface area contributed by atoms with E-state index in [1.165, 1.54) is 12.3 Å². The number of carbonyl (C=O) groups excluding carboxylic acids is 1. The van der Waals surface area contributed by atoms with Crippen LogP contribution in [-0.4, -0.2) is 41.2 Å². The van der Waals surface area contributed by atoms with Gasteiger partial charge in [0.25, 0.3) is 0 Å². The Hall–Kier alpha value is -1.92. The van der Waals surface area contributed by atoms with Gasteiger partial charge in [-0.25, -0.2) is 4.72 Å². The fourth-order valence-electron chi connectivity index (χ4n) is 1.74. The Morgan fingerprint density at radius 3 is 2.62 bits per heavy atom. The molecule has 21 heavy (non-hydrogen) atoms. The van der Waals surface area contributed by atoms with Crippen LogP contribution in [0.4, 0.5) is 5.69 Å². The molecule has 114 valence electrons. The zero-order chi connectivity index (χ0) is 16.0. The molecule has 0 aliphatic rings. The van der Waals surface area contributed by atoms with E-state index in [9.17, 15) is 14.5 Å². The number of anilines is 1. The number of nitrogens with zero attached hydrogens (tertiary/aromatic N) is 1. The molecule has 2 N–H and O–H groups in total. The molecule has 0 fully saturated rings. The normalized spacial score (nSPS) is 13.8. The second-order valence-electron chi connectivity index (χ2n) is 4.84. The lowest BCUT2D eigenvalue weighted by Crippen LogP contribution is -2.09. The van der Waals surface area contributed by atoms with Gasteiger partial charge in [0, 0.05) is 31.4 Å². The number of aldehydes is 1. The lowest BCUT2D eigenvalue weighted by Gasteiger charge is -2.13. The van der Waals surface area contributed by atoms with E-state index in [-0.39, 0.29) is 5.75 Å². The largest absolute Gasteiger partial charge is 0.593 e. The van der Waals surface area contributed by atoms with E-state index >= 15 is 0 Å². The summed E-state index contributed by atoms with van der Waals surface area (Å²) in [6, 6.07) is 4.86. The van der Waals surface area contributed by atoms with Crippen molar-refractivity contribution in [3.05, 3.63) is 41.6 Å². The first kappa shape index (κ1) is 17.1. The average molecular weight is 308 g/mol. The van der Waals surface area contributed by atoms with Crippen molar-refractivity contribution in [2.45, 2.75) is 6.92 Å². The number of phenols is 1. The molecule has 0 spiro atoms. The SMILES string of the molecule is C/C(C=O)=C/C(=C\N(C)C)c1cc(N[S+](C)[O-])ccc1O. The zero-order valence-corrected chi connectivity index (χ0v) is 13.4. The Kier molecular flexibility index (Phi) is 6.33. The molecule has 0 aromatic heterocycles. The van der Waals surface area contributed by atoms with E-state index in [0.717, 1.165) is 6.29 Å².